The summed E-state index contributed by atoms with van der Waals surface area (Å²) < 4.78 is 7.80. The molecule has 0 fully saturated rings. The molecule has 7 nitrogen and oxygen atoms in total. The van der Waals surface area contributed by atoms with Crippen LogP contribution in [0.3, 0.4) is 0 Å². The van der Waals surface area contributed by atoms with Crippen LogP contribution in [0.4, 0.5) is 0 Å². The molecule has 4 aromatic rings. The monoisotopic (exact) mass is 505 g/mol. The van der Waals surface area contributed by atoms with Crippen LogP contribution in [0.25, 0.3) is 10.9 Å². The Morgan fingerprint density at radius 2 is 1.56 bits per heavy atom. The summed E-state index contributed by atoms with van der Waals surface area (Å²) in [5.74, 6) is -0.185. The second-order valence-corrected chi connectivity index (χ2v) is 9.14. The molecular formula is C28H28ClN3O4. The van der Waals surface area contributed by atoms with Gasteiger partial charge in [0, 0.05) is 30.8 Å². The van der Waals surface area contributed by atoms with E-state index < -0.39 is 11.2 Å². The maximum Gasteiger partial charge on any atom is 0.332 e. The van der Waals surface area contributed by atoms with Crippen LogP contribution in [-0.4, -0.2) is 35.3 Å². The number of carbonyl (C=O) groups is 1. The van der Waals surface area contributed by atoms with E-state index in [2.05, 4.69) is 5.32 Å². The normalized spacial score (nSPS) is 11.1. The molecule has 1 N–H and O–H groups in total. The lowest BCUT2D eigenvalue weighted by Gasteiger charge is -2.15. The van der Waals surface area contributed by atoms with Crippen LogP contribution in [-0.2, 0) is 17.8 Å². The molecule has 36 heavy (non-hydrogen) atoms. The van der Waals surface area contributed by atoms with Crippen LogP contribution in [0.15, 0.2) is 76.3 Å². The third-order valence-corrected chi connectivity index (χ3v) is 6.25. The fourth-order valence-electron chi connectivity index (χ4n) is 4.03. The van der Waals surface area contributed by atoms with Crippen LogP contribution >= 0.6 is 11.6 Å². The fourth-order valence-corrected chi connectivity index (χ4v) is 4.20. The van der Waals surface area contributed by atoms with Gasteiger partial charge < -0.3 is 10.1 Å². The second kappa shape index (κ2) is 11.4. The SMILES string of the molecule is COCCCNC(=O)c1ccc(Cn2c(=O)c3cc(Cl)ccc3n(Cc3ccc(C)cc3)c2=O)cc1. The molecule has 1 aromatic heterocycles. The second-order valence-electron chi connectivity index (χ2n) is 8.71. The highest BCUT2D eigenvalue weighted by Crippen LogP contribution is 2.17. The Morgan fingerprint density at radius 1 is 0.917 bits per heavy atom. The minimum absolute atomic E-state index is 0.0732. The lowest BCUT2D eigenvalue weighted by Crippen LogP contribution is -2.40. The Kier molecular flexibility index (Phi) is 8.03. The molecule has 0 saturated heterocycles. The molecule has 0 aliphatic heterocycles. The standard InChI is InChI=1S/C28H28ClN3O4/c1-19-4-6-20(7-5-19)17-31-25-13-12-23(29)16-24(25)27(34)32(28(31)35)18-21-8-10-22(11-9-21)26(33)30-14-3-15-36-2/h4-13,16H,3,14-15,17-18H2,1-2H3,(H,30,33). The Bertz CT molecular complexity index is 1490. The van der Waals surface area contributed by atoms with E-state index in [0.717, 1.165) is 23.1 Å². The van der Waals surface area contributed by atoms with Crippen molar-refractivity contribution in [2.24, 2.45) is 0 Å². The Balaban J connectivity index is 1.66. The zero-order valence-corrected chi connectivity index (χ0v) is 21.0. The van der Waals surface area contributed by atoms with E-state index in [1.165, 1.54) is 4.57 Å². The van der Waals surface area contributed by atoms with E-state index in [0.29, 0.717) is 41.2 Å². The van der Waals surface area contributed by atoms with Crippen LogP contribution in [0.5, 0.6) is 0 Å². The predicted molar refractivity (Wildman–Crippen MR) is 142 cm³/mol. The largest absolute Gasteiger partial charge is 0.385 e. The topological polar surface area (TPSA) is 82.3 Å². The number of aryl methyl sites for hydroxylation is 1. The fraction of sp³-hybridized carbons (Fsp3) is 0.250. The summed E-state index contributed by atoms with van der Waals surface area (Å²) in [7, 11) is 1.62. The van der Waals surface area contributed by atoms with Crippen LogP contribution in [0.2, 0.25) is 5.02 Å². The van der Waals surface area contributed by atoms with E-state index in [9.17, 15) is 14.4 Å². The summed E-state index contributed by atoms with van der Waals surface area (Å²) in [5, 5.41) is 3.64. The van der Waals surface area contributed by atoms with Gasteiger partial charge in [-0.05, 0) is 54.8 Å². The number of aromatic nitrogens is 2. The van der Waals surface area contributed by atoms with E-state index >= 15 is 0 Å². The van der Waals surface area contributed by atoms with Gasteiger partial charge in [0.05, 0.1) is 24.0 Å². The van der Waals surface area contributed by atoms with Gasteiger partial charge in [-0.25, -0.2) is 4.79 Å². The first-order chi connectivity index (χ1) is 17.4. The summed E-state index contributed by atoms with van der Waals surface area (Å²) in [5.41, 5.74) is 3.03. The molecule has 0 spiro atoms. The summed E-state index contributed by atoms with van der Waals surface area (Å²) >= 11 is 6.19. The van der Waals surface area contributed by atoms with Gasteiger partial charge in [0.25, 0.3) is 11.5 Å². The molecule has 3 aromatic carbocycles. The molecule has 0 unspecified atom stereocenters. The van der Waals surface area contributed by atoms with Crippen molar-refractivity contribution in [1.29, 1.82) is 0 Å². The molecular weight excluding hydrogens is 478 g/mol. The lowest BCUT2D eigenvalue weighted by molar-refractivity contribution is 0.0948. The van der Waals surface area contributed by atoms with Crippen LogP contribution in [0, 0.1) is 6.92 Å². The predicted octanol–water partition coefficient (Wildman–Crippen LogP) is 3.99. The van der Waals surface area contributed by atoms with E-state index in [-0.39, 0.29) is 12.5 Å². The number of carbonyl (C=O) groups excluding carboxylic acids is 1. The molecule has 0 atom stereocenters. The highest BCUT2D eigenvalue weighted by molar-refractivity contribution is 6.31. The maximum absolute atomic E-state index is 13.5. The molecule has 4 rings (SSSR count). The molecule has 186 valence electrons. The Hall–Kier alpha value is -3.68. The number of nitrogens with one attached hydrogen (secondary N) is 1. The number of halogens is 1. The number of benzene rings is 3. The van der Waals surface area contributed by atoms with Crippen LogP contribution in [0.1, 0.15) is 33.5 Å². The molecule has 0 aliphatic carbocycles. The Labute approximate surface area is 213 Å². The number of nitrogens with zero attached hydrogens (tertiary/aromatic N) is 2. The maximum atomic E-state index is 13.5. The molecule has 1 heterocycles. The molecule has 0 saturated carbocycles. The van der Waals surface area contributed by atoms with Crippen molar-refractivity contribution in [3.8, 4) is 0 Å². The van der Waals surface area contributed by atoms with Crippen molar-refractivity contribution in [2.45, 2.75) is 26.4 Å². The molecule has 0 radical (unpaired) electrons. The molecule has 0 bridgehead atoms. The minimum Gasteiger partial charge on any atom is -0.385 e. The van der Waals surface area contributed by atoms with Crippen molar-refractivity contribution in [2.75, 3.05) is 20.3 Å². The number of ether oxygens (including phenoxy) is 1. The average Bonchev–Trinajstić information content (AvgIpc) is 2.88. The van der Waals surface area contributed by atoms with E-state index in [4.69, 9.17) is 16.3 Å². The zero-order valence-electron chi connectivity index (χ0n) is 20.3. The Morgan fingerprint density at radius 3 is 2.22 bits per heavy atom. The first kappa shape index (κ1) is 25.4. The van der Waals surface area contributed by atoms with Gasteiger partial charge in [0.1, 0.15) is 0 Å². The smallest absolute Gasteiger partial charge is 0.332 e. The number of fused-ring (bicyclic) bond motifs is 1. The van der Waals surface area contributed by atoms with Gasteiger partial charge in [0.15, 0.2) is 0 Å². The number of amides is 1. The first-order valence-corrected chi connectivity index (χ1v) is 12.1. The summed E-state index contributed by atoms with van der Waals surface area (Å²) in [6, 6.07) is 19.8. The highest BCUT2D eigenvalue weighted by atomic mass is 35.5. The van der Waals surface area contributed by atoms with E-state index in [1.807, 2.05) is 31.2 Å². The van der Waals surface area contributed by atoms with E-state index in [1.54, 1.807) is 54.1 Å². The molecule has 8 heteroatoms. The average molecular weight is 506 g/mol. The van der Waals surface area contributed by atoms with Crippen molar-refractivity contribution >= 4 is 28.4 Å². The minimum atomic E-state index is -0.407. The van der Waals surface area contributed by atoms with Gasteiger partial charge in [-0.2, -0.15) is 0 Å². The van der Waals surface area contributed by atoms with Crippen molar-refractivity contribution in [3.05, 3.63) is 115 Å². The van der Waals surface area contributed by atoms with Gasteiger partial charge in [-0.15, -0.1) is 0 Å². The van der Waals surface area contributed by atoms with Gasteiger partial charge in [-0.3, -0.25) is 18.7 Å². The first-order valence-electron chi connectivity index (χ1n) is 11.7. The lowest BCUT2D eigenvalue weighted by atomic mass is 10.1. The number of hydrogen-bond donors (Lipinski definition) is 1. The quantitative estimate of drug-likeness (QED) is 0.349. The third kappa shape index (κ3) is 5.75. The summed E-state index contributed by atoms with van der Waals surface area (Å²) in [4.78, 5) is 39.2. The molecule has 0 aliphatic rings. The summed E-state index contributed by atoms with van der Waals surface area (Å²) in [6.07, 6.45) is 0.726. The van der Waals surface area contributed by atoms with Gasteiger partial charge in [0.2, 0.25) is 0 Å². The number of hydrogen-bond acceptors (Lipinski definition) is 4. The highest BCUT2D eigenvalue weighted by Gasteiger charge is 2.15. The van der Waals surface area contributed by atoms with Gasteiger partial charge >= 0.3 is 5.69 Å². The zero-order chi connectivity index (χ0) is 25.7. The van der Waals surface area contributed by atoms with Crippen molar-refractivity contribution in [1.82, 2.24) is 14.5 Å². The number of methoxy groups -OCH3 is 1. The molecule has 1 amide bonds. The summed E-state index contributed by atoms with van der Waals surface area (Å²) in [6.45, 7) is 3.49. The van der Waals surface area contributed by atoms with Crippen molar-refractivity contribution in [3.63, 3.8) is 0 Å². The van der Waals surface area contributed by atoms with Gasteiger partial charge in [-0.1, -0.05) is 53.6 Å². The number of rotatable bonds is 9. The van der Waals surface area contributed by atoms with Crippen LogP contribution < -0.4 is 16.6 Å². The van der Waals surface area contributed by atoms with Crippen molar-refractivity contribution < 1.29 is 9.53 Å². The third-order valence-electron chi connectivity index (χ3n) is 6.02.